The van der Waals surface area contributed by atoms with E-state index in [1.54, 1.807) is 0 Å². The maximum absolute atomic E-state index is 13.3. The lowest BCUT2D eigenvalue weighted by molar-refractivity contribution is 0.0663. The largest absolute Gasteiger partial charge is 0.348 e. The van der Waals surface area contributed by atoms with Crippen LogP contribution in [0.4, 0.5) is 0 Å². The summed E-state index contributed by atoms with van der Waals surface area (Å²) in [5, 5.41) is 0. The Labute approximate surface area is 142 Å². The zero-order valence-electron chi connectivity index (χ0n) is 13.7. The first-order chi connectivity index (χ1) is 11.8. The first kappa shape index (κ1) is 14.8. The van der Waals surface area contributed by atoms with Crippen molar-refractivity contribution in [1.82, 2.24) is 9.47 Å². The number of aryl methyl sites for hydroxylation is 1. The number of carbonyl (C=O) groups is 1. The number of hydrogen-bond acceptors (Lipinski definition) is 1. The standard InChI is InChI=1S/C21H20N2O/c1-16-8-5-6-11-18(16)21(24)23-15-14-22-13-7-12-19(22)20(23)17-9-3-2-4-10-17/h2-13,20H,14-15H2,1H3/t20-/m0/s1. The monoisotopic (exact) mass is 316 g/mol. The van der Waals surface area contributed by atoms with E-state index in [0.717, 1.165) is 23.2 Å². The summed E-state index contributed by atoms with van der Waals surface area (Å²) in [5.74, 6) is 0.106. The highest BCUT2D eigenvalue weighted by atomic mass is 16.2. The predicted octanol–water partition coefficient (Wildman–Crippen LogP) is 4.04. The van der Waals surface area contributed by atoms with Crippen LogP contribution in [0.1, 0.15) is 33.2 Å². The van der Waals surface area contributed by atoms with Crippen molar-refractivity contribution in [2.24, 2.45) is 0 Å². The number of benzene rings is 2. The predicted molar refractivity (Wildman–Crippen MR) is 94.9 cm³/mol. The number of rotatable bonds is 2. The van der Waals surface area contributed by atoms with Gasteiger partial charge in [0.2, 0.25) is 0 Å². The molecular formula is C21H20N2O. The molecule has 1 aliphatic rings. The fourth-order valence-electron chi connectivity index (χ4n) is 3.56. The van der Waals surface area contributed by atoms with Crippen LogP contribution in [0.2, 0.25) is 0 Å². The number of fused-ring (bicyclic) bond motifs is 1. The molecule has 1 aromatic heterocycles. The van der Waals surface area contributed by atoms with Crippen LogP contribution in [0.3, 0.4) is 0 Å². The summed E-state index contributed by atoms with van der Waals surface area (Å²) >= 11 is 0. The molecule has 4 rings (SSSR count). The molecule has 3 aromatic rings. The molecular weight excluding hydrogens is 296 g/mol. The average molecular weight is 316 g/mol. The summed E-state index contributed by atoms with van der Waals surface area (Å²) in [7, 11) is 0. The Kier molecular flexibility index (Phi) is 3.69. The minimum Gasteiger partial charge on any atom is -0.348 e. The molecule has 0 bridgehead atoms. The van der Waals surface area contributed by atoms with Gasteiger partial charge in [0, 0.05) is 30.5 Å². The number of hydrogen-bond donors (Lipinski definition) is 0. The molecule has 120 valence electrons. The van der Waals surface area contributed by atoms with Gasteiger partial charge in [-0.25, -0.2) is 0 Å². The van der Waals surface area contributed by atoms with Gasteiger partial charge in [0.25, 0.3) is 5.91 Å². The second-order valence-electron chi connectivity index (χ2n) is 6.25. The summed E-state index contributed by atoms with van der Waals surface area (Å²) in [5.41, 5.74) is 4.14. The van der Waals surface area contributed by atoms with Crippen molar-refractivity contribution in [3.63, 3.8) is 0 Å². The van der Waals surface area contributed by atoms with Gasteiger partial charge in [0.05, 0.1) is 6.04 Å². The SMILES string of the molecule is Cc1ccccc1C(=O)N1CCn2cccc2[C@@H]1c1ccccc1. The molecule has 0 aliphatic carbocycles. The van der Waals surface area contributed by atoms with E-state index < -0.39 is 0 Å². The summed E-state index contributed by atoms with van der Waals surface area (Å²) in [6.45, 7) is 3.55. The molecule has 0 N–H and O–H groups in total. The highest BCUT2D eigenvalue weighted by Crippen LogP contribution is 2.33. The van der Waals surface area contributed by atoms with Crippen molar-refractivity contribution in [2.45, 2.75) is 19.5 Å². The molecule has 3 heteroatoms. The van der Waals surface area contributed by atoms with Crippen molar-refractivity contribution >= 4 is 5.91 Å². The lowest BCUT2D eigenvalue weighted by Crippen LogP contribution is -2.42. The Bertz CT molecular complexity index is 866. The van der Waals surface area contributed by atoms with Gasteiger partial charge in [-0.3, -0.25) is 4.79 Å². The van der Waals surface area contributed by atoms with Crippen molar-refractivity contribution < 1.29 is 4.79 Å². The average Bonchev–Trinajstić information content (AvgIpc) is 3.10. The number of carbonyl (C=O) groups excluding carboxylic acids is 1. The molecule has 2 aromatic carbocycles. The number of amides is 1. The second-order valence-corrected chi connectivity index (χ2v) is 6.25. The van der Waals surface area contributed by atoms with Crippen LogP contribution in [0.15, 0.2) is 72.9 Å². The minimum absolute atomic E-state index is 0.0398. The molecule has 0 spiro atoms. The number of nitrogens with zero attached hydrogens (tertiary/aromatic N) is 2. The molecule has 1 amide bonds. The van der Waals surface area contributed by atoms with Crippen LogP contribution >= 0.6 is 0 Å². The van der Waals surface area contributed by atoms with E-state index in [1.807, 2.05) is 54.3 Å². The van der Waals surface area contributed by atoms with Crippen LogP contribution in [-0.2, 0) is 6.54 Å². The Morgan fingerprint density at radius 3 is 2.46 bits per heavy atom. The van der Waals surface area contributed by atoms with Gasteiger partial charge in [-0.05, 0) is 36.2 Å². The van der Waals surface area contributed by atoms with E-state index in [2.05, 4.69) is 35.0 Å². The third kappa shape index (κ3) is 2.42. The van der Waals surface area contributed by atoms with Crippen LogP contribution in [0, 0.1) is 6.92 Å². The third-order valence-electron chi connectivity index (χ3n) is 4.79. The highest BCUT2D eigenvalue weighted by molar-refractivity contribution is 5.96. The van der Waals surface area contributed by atoms with Gasteiger partial charge >= 0.3 is 0 Å². The van der Waals surface area contributed by atoms with Crippen molar-refractivity contribution in [3.05, 3.63) is 95.3 Å². The van der Waals surface area contributed by atoms with E-state index in [-0.39, 0.29) is 11.9 Å². The highest BCUT2D eigenvalue weighted by Gasteiger charge is 2.32. The van der Waals surface area contributed by atoms with Crippen LogP contribution in [0.5, 0.6) is 0 Å². The van der Waals surface area contributed by atoms with Gasteiger partial charge in [-0.15, -0.1) is 0 Å². The summed E-state index contributed by atoms with van der Waals surface area (Å²) in [6.07, 6.45) is 2.10. The molecule has 1 atom stereocenters. The van der Waals surface area contributed by atoms with Gasteiger partial charge in [0.15, 0.2) is 0 Å². The minimum atomic E-state index is -0.0398. The molecule has 3 nitrogen and oxygen atoms in total. The maximum Gasteiger partial charge on any atom is 0.255 e. The first-order valence-corrected chi connectivity index (χ1v) is 8.32. The van der Waals surface area contributed by atoms with E-state index in [9.17, 15) is 4.79 Å². The Morgan fingerprint density at radius 1 is 0.917 bits per heavy atom. The van der Waals surface area contributed by atoms with Gasteiger partial charge in [-0.1, -0.05) is 48.5 Å². The molecule has 1 aliphatic heterocycles. The Hall–Kier alpha value is -2.81. The second kappa shape index (κ2) is 6.00. The van der Waals surface area contributed by atoms with Gasteiger partial charge < -0.3 is 9.47 Å². The van der Waals surface area contributed by atoms with Crippen LogP contribution in [-0.4, -0.2) is 21.9 Å². The van der Waals surface area contributed by atoms with Crippen molar-refractivity contribution in [1.29, 1.82) is 0 Å². The first-order valence-electron chi connectivity index (χ1n) is 8.32. The number of aromatic nitrogens is 1. The maximum atomic E-state index is 13.3. The molecule has 0 fully saturated rings. The van der Waals surface area contributed by atoms with Crippen molar-refractivity contribution in [2.75, 3.05) is 6.54 Å². The van der Waals surface area contributed by atoms with Crippen LogP contribution < -0.4 is 0 Å². The molecule has 0 unspecified atom stereocenters. The summed E-state index contributed by atoms with van der Waals surface area (Å²) in [4.78, 5) is 15.3. The third-order valence-corrected chi connectivity index (χ3v) is 4.79. The smallest absolute Gasteiger partial charge is 0.255 e. The normalized spacial score (nSPS) is 16.7. The molecule has 0 saturated heterocycles. The van der Waals surface area contributed by atoms with Gasteiger partial charge in [0.1, 0.15) is 0 Å². The zero-order valence-corrected chi connectivity index (χ0v) is 13.7. The molecule has 0 radical (unpaired) electrons. The van der Waals surface area contributed by atoms with E-state index in [4.69, 9.17) is 0 Å². The van der Waals surface area contributed by atoms with E-state index in [0.29, 0.717) is 6.54 Å². The van der Waals surface area contributed by atoms with Gasteiger partial charge in [-0.2, -0.15) is 0 Å². The summed E-state index contributed by atoms with van der Waals surface area (Å²) < 4.78 is 2.25. The topological polar surface area (TPSA) is 25.2 Å². The molecule has 2 heterocycles. The lowest BCUT2D eigenvalue weighted by atomic mass is 9.98. The fraction of sp³-hybridized carbons (Fsp3) is 0.190. The lowest BCUT2D eigenvalue weighted by Gasteiger charge is -2.37. The molecule has 0 saturated carbocycles. The van der Waals surface area contributed by atoms with Crippen molar-refractivity contribution in [3.8, 4) is 0 Å². The van der Waals surface area contributed by atoms with E-state index in [1.165, 1.54) is 5.69 Å². The molecule has 24 heavy (non-hydrogen) atoms. The Balaban J connectivity index is 1.80. The Morgan fingerprint density at radius 2 is 1.67 bits per heavy atom. The fourth-order valence-corrected chi connectivity index (χ4v) is 3.56. The summed E-state index contributed by atoms with van der Waals surface area (Å²) in [6, 6.07) is 22.3. The van der Waals surface area contributed by atoms with Crippen LogP contribution in [0.25, 0.3) is 0 Å². The van der Waals surface area contributed by atoms with E-state index >= 15 is 0 Å². The quantitative estimate of drug-likeness (QED) is 0.700. The zero-order chi connectivity index (χ0) is 16.5.